The van der Waals surface area contributed by atoms with E-state index in [9.17, 15) is 0 Å². The van der Waals surface area contributed by atoms with Crippen molar-refractivity contribution in [1.29, 1.82) is 0 Å². The zero-order valence-corrected chi connectivity index (χ0v) is 7.42. The monoisotopic (exact) mass is 160 g/mol. The van der Waals surface area contributed by atoms with Crippen LogP contribution in [0.1, 0.15) is 51.9 Å². The van der Waals surface area contributed by atoms with E-state index >= 15 is 0 Å². The van der Waals surface area contributed by atoms with Crippen molar-refractivity contribution in [2.75, 3.05) is 0 Å². The summed E-state index contributed by atoms with van der Waals surface area (Å²) in [7, 11) is 0. The zero-order chi connectivity index (χ0) is 8.53. The summed E-state index contributed by atoms with van der Waals surface area (Å²) in [6.45, 7) is 1.70. The molecule has 0 aromatic heterocycles. The van der Waals surface area contributed by atoms with Crippen LogP contribution in [0.5, 0.6) is 0 Å². The lowest BCUT2D eigenvalue weighted by molar-refractivity contribution is -0.0413. The van der Waals surface area contributed by atoms with Crippen molar-refractivity contribution >= 4 is 0 Å². The summed E-state index contributed by atoms with van der Waals surface area (Å²) in [5.74, 6) is 0. The Morgan fingerprint density at radius 2 is 1.09 bits per heavy atom. The third-order valence-electron chi connectivity index (χ3n) is 1.87. The van der Waals surface area contributed by atoms with E-state index in [1.165, 1.54) is 38.5 Å². The van der Waals surface area contributed by atoms with E-state index in [4.69, 9.17) is 10.2 Å². The van der Waals surface area contributed by atoms with Crippen molar-refractivity contribution in [1.82, 2.24) is 0 Å². The van der Waals surface area contributed by atoms with Gasteiger partial charge in [-0.1, -0.05) is 45.4 Å². The highest BCUT2D eigenvalue weighted by Gasteiger charge is 1.95. The first-order chi connectivity index (χ1) is 5.27. The number of rotatable bonds is 1. The van der Waals surface area contributed by atoms with E-state index < -0.39 is 6.29 Å². The third-order valence-corrected chi connectivity index (χ3v) is 1.87. The van der Waals surface area contributed by atoms with Crippen molar-refractivity contribution in [2.24, 2.45) is 0 Å². The van der Waals surface area contributed by atoms with Gasteiger partial charge in [-0.3, -0.25) is 0 Å². The molecule has 1 rings (SSSR count). The van der Waals surface area contributed by atoms with Crippen LogP contribution in [-0.2, 0) is 0 Å². The Morgan fingerprint density at radius 1 is 0.909 bits per heavy atom. The van der Waals surface area contributed by atoms with Crippen LogP contribution in [0.3, 0.4) is 0 Å². The van der Waals surface area contributed by atoms with E-state index in [2.05, 4.69) is 0 Å². The molecule has 0 amide bonds. The maximum Gasteiger partial charge on any atom is 0.151 e. The quantitative estimate of drug-likeness (QED) is 0.576. The molecule has 0 aromatic rings. The highest BCUT2D eigenvalue weighted by Crippen LogP contribution is 2.15. The fraction of sp³-hybridized carbons (Fsp3) is 1.00. The van der Waals surface area contributed by atoms with Gasteiger partial charge in [0.15, 0.2) is 6.29 Å². The smallest absolute Gasteiger partial charge is 0.151 e. The molecular weight excluding hydrogens is 140 g/mol. The average Bonchev–Trinajstić information content (AvgIpc) is 2.09. The fourth-order valence-corrected chi connectivity index (χ4v) is 1.06. The summed E-state index contributed by atoms with van der Waals surface area (Å²) < 4.78 is 0. The lowest BCUT2D eigenvalue weighted by Crippen LogP contribution is -1.99. The molecule has 0 aliphatic heterocycles. The van der Waals surface area contributed by atoms with Gasteiger partial charge in [0.25, 0.3) is 0 Å². The SMILES string of the molecule is C1CCCCC1.CCC(O)O. The van der Waals surface area contributed by atoms with Gasteiger partial charge < -0.3 is 10.2 Å². The van der Waals surface area contributed by atoms with E-state index in [1.54, 1.807) is 6.92 Å². The van der Waals surface area contributed by atoms with Crippen LogP contribution >= 0.6 is 0 Å². The Labute approximate surface area is 69.2 Å². The first kappa shape index (κ1) is 10.9. The summed E-state index contributed by atoms with van der Waals surface area (Å²) in [4.78, 5) is 0. The van der Waals surface area contributed by atoms with Gasteiger partial charge in [-0.25, -0.2) is 0 Å². The Hall–Kier alpha value is -0.0800. The van der Waals surface area contributed by atoms with E-state index in [-0.39, 0.29) is 0 Å². The van der Waals surface area contributed by atoms with E-state index in [0.29, 0.717) is 6.42 Å². The minimum atomic E-state index is -1.12. The van der Waals surface area contributed by atoms with Gasteiger partial charge in [0.05, 0.1) is 0 Å². The Balaban J connectivity index is 0.000000187. The lowest BCUT2D eigenvalue weighted by Gasteiger charge is -2.05. The summed E-state index contributed by atoms with van der Waals surface area (Å²) in [5.41, 5.74) is 0. The molecule has 0 spiro atoms. The molecule has 0 unspecified atom stereocenters. The van der Waals surface area contributed by atoms with Crippen molar-refractivity contribution in [2.45, 2.75) is 58.2 Å². The molecule has 0 radical (unpaired) electrons. The Kier molecular flexibility index (Phi) is 7.96. The minimum absolute atomic E-state index is 0.417. The molecule has 0 bridgehead atoms. The van der Waals surface area contributed by atoms with E-state index in [0.717, 1.165) is 0 Å². The van der Waals surface area contributed by atoms with Crippen LogP contribution in [0, 0.1) is 0 Å². The normalized spacial score (nSPS) is 17.5. The van der Waals surface area contributed by atoms with Crippen molar-refractivity contribution in [3.05, 3.63) is 0 Å². The summed E-state index contributed by atoms with van der Waals surface area (Å²) in [6, 6.07) is 0. The van der Waals surface area contributed by atoms with Gasteiger partial charge in [0, 0.05) is 0 Å². The molecular formula is C9H20O2. The number of aliphatic hydroxyl groups excluding tert-OH is 1. The van der Waals surface area contributed by atoms with Crippen molar-refractivity contribution in [3.8, 4) is 0 Å². The van der Waals surface area contributed by atoms with Gasteiger partial charge in [0.1, 0.15) is 0 Å². The second-order valence-corrected chi connectivity index (χ2v) is 3.01. The topological polar surface area (TPSA) is 40.5 Å². The summed E-state index contributed by atoms with van der Waals surface area (Å²) in [5, 5.41) is 15.8. The van der Waals surface area contributed by atoms with E-state index in [1.807, 2.05) is 0 Å². The second kappa shape index (κ2) is 8.02. The molecule has 0 atom stereocenters. The van der Waals surface area contributed by atoms with Crippen LogP contribution in [0.4, 0.5) is 0 Å². The summed E-state index contributed by atoms with van der Waals surface area (Å²) >= 11 is 0. The highest BCUT2D eigenvalue weighted by molar-refractivity contribution is 4.51. The molecule has 1 aliphatic rings. The van der Waals surface area contributed by atoms with Crippen LogP contribution in [0.25, 0.3) is 0 Å². The van der Waals surface area contributed by atoms with Crippen LogP contribution in [0.15, 0.2) is 0 Å². The van der Waals surface area contributed by atoms with Gasteiger partial charge in [-0.2, -0.15) is 0 Å². The molecule has 11 heavy (non-hydrogen) atoms. The molecule has 68 valence electrons. The number of aliphatic hydroxyl groups is 2. The number of hydrogen-bond acceptors (Lipinski definition) is 2. The molecule has 2 nitrogen and oxygen atoms in total. The molecule has 1 saturated carbocycles. The van der Waals surface area contributed by atoms with Crippen molar-refractivity contribution in [3.63, 3.8) is 0 Å². The molecule has 0 aromatic carbocycles. The van der Waals surface area contributed by atoms with Gasteiger partial charge >= 0.3 is 0 Å². The largest absolute Gasteiger partial charge is 0.368 e. The molecule has 2 heteroatoms. The average molecular weight is 160 g/mol. The highest BCUT2D eigenvalue weighted by atomic mass is 16.5. The predicted molar refractivity (Wildman–Crippen MR) is 46.2 cm³/mol. The first-order valence-electron chi connectivity index (χ1n) is 4.63. The first-order valence-corrected chi connectivity index (χ1v) is 4.63. The maximum absolute atomic E-state index is 7.92. The van der Waals surface area contributed by atoms with Crippen LogP contribution in [-0.4, -0.2) is 16.5 Å². The Bertz CT molecular complexity index is 56.5. The molecule has 0 saturated heterocycles. The van der Waals surface area contributed by atoms with Gasteiger partial charge in [-0.05, 0) is 6.42 Å². The lowest BCUT2D eigenvalue weighted by atomic mass is 10.0. The predicted octanol–water partition coefficient (Wildman–Crippen LogP) is 2.05. The van der Waals surface area contributed by atoms with Crippen LogP contribution < -0.4 is 0 Å². The summed E-state index contributed by atoms with van der Waals surface area (Å²) in [6.07, 6.45) is 8.30. The molecule has 1 aliphatic carbocycles. The Morgan fingerprint density at radius 3 is 1.18 bits per heavy atom. The zero-order valence-electron chi connectivity index (χ0n) is 7.42. The number of hydrogen-bond donors (Lipinski definition) is 2. The molecule has 0 heterocycles. The molecule has 1 fully saturated rings. The fourth-order valence-electron chi connectivity index (χ4n) is 1.06. The van der Waals surface area contributed by atoms with Gasteiger partial charge in [0.2, 0.25) is 0 Å². The van der Waals surface area contributed by atoms with Crippen LogP contribution in [0.2, 0.25) is 0 Å². The third kappa shape index (κ3) is 9.92. The standard InChI is InChI=1S/C6H12.C3H8O2/c1-2-4-6-5-3-1;1-2-3(4)5/h1-6H2;3-5H,2H2,1H3. The second-order valence-electron chi connectivity index (χ2n) is 3.01. The minimum Gasteiger partial charge on any atom is -0.368 e. The maximum atomic E-state index is 7.92. The molecule has 2 N–H and O–H groups in total. The van der Waals surface area contributed by atoms with Crippen molar-refractivity contribution < 1.29 is 10.2 Å². The van der Waals surface area contributed by atoms with Gasteiger partial charge in [-0.15, -0.1) is 0 Å².